The Morgan fingerprint density at radius 2 is 1.89 bits per heavy atom. The molecule has 1 aliphatic heterocycles. The summed E-state index contributed by atoms with van der Waals surface area (Å²) in [6.07, 6.45) is -3.90. The fourth-order valence-electron chi connectivity index (χ4n) is 3.54. The second-order valence-corrected chi connectivity index (χ2v) is 8.92. The van der Waals surface area contributed by atoms with Gasteiger partial charge in [-0.2, -0.15) is 18.2 Å². The van der Waals surface area contributed by atoms with E-state index in [1.54, 1.807) is 17.0 Å². The Bertz CT molecular complexity index is 1330. The van der Waals surface area contributed by atoms with Gasteiger partial charge in [-0.05, 0) is 17.7 Å². The molecular weight excluding hydrogens is 533 g/mol. The number of anilines is 1. The summed E-state index contributed by atoms with van der Waals surface area (Å²) in [5.41, 5.74) is 1.29. The van der Waals surface area contributed by atoms with Crippen LogP contribution in [-0.2, 0) is 20.9 Å². The van der Waals surface area contributed by atoms with Gasteiger partial charge in [0.25, 0.3) is 0 Å². The lowest BCUT2D eigenvalue weighted by atomic mass is 10.2. The standard InChI is InChI=1S/C22H21F3N6O6S/c1-35-17-16-18(27-12-26-17)38-20(28-16)29-21(34)31-7-5-30(6-8-31)10-13-3-2-4-14(9-13)36-11-15(32)37-19(33)22(23,24)25/h2-4,9,12H,5-8,10-11H2,1H3,(H,28,29,34). The van der Waals surface area contributed by atoms with E-state index in [0.717, 1.165) is 5.56 Å². The smallest absolute Gasteiger partial charge is 0.482 e. The number of nitrogens with one attached hydrogen (secondary N) is 1. The normalized spacial score (nSPS) is 14.3. The summed E-state index contributed by atoms with van der Waals surface area (Å²) in [6, 6.07) is 6.34. The van der Waals surface area contributed by atoms with Crippen molar-refractivity contribution in [2.45, 2.75) is 12.7 Å². The van der Waals surface area contributed by atoms with Crippen LogP contribution in [0.1, 0.15) is 5.56 Å². The molecule has 38 heavy (non-hydrogen) atoms. The van der Waals surface area contributed by atoms with E-state index in [1.807, 2.05) is 6.07 Å². The Balaban J connectivity index is 1.24. The number of piperazine rings is 1. The molecule has 1 aromatic carbocycles. The number of carbonyl (C=O) groups is 3. The van der Waals surface area contributed by atoms with E-state index >= 15 is 0 Å². The molecule has 0 atom stereocenters. The maximum absolute atomic E-state index is 12.7. The predicted molar refractivity (Wildman–Crippen MR) is 127 cm³/mol. The van der Waals surface area contributed by atoms with E-state index < -0.39 is 24.7 Å². The van der Waals surface area contributed by atoms with Gasteiger partial charge in [-0.15, -0.1) is 0 Å². The van der Waals surface area contributed by atoms with E-state index in [-0.39, 0.29) is 11.8 Å². The molecule has 0 bridgehead atoms. The first-order valence-corrected chi connectivity index (χ1v) is 11.9. The second kappa shape index (κ2) is 11.6. The van der Waals surface area contributed by atoms with Gasteiger partial charge < -0.3 is 19.1 Å². The maximum atomic E-state index is 12.7. The lowest BCUT2D eigenvalue weighted by Crippen LogP contribution is -2.49. The van der Waals surface area contributed by atoms with Crippen LogP contribution in [0, 0.1) is 0 Å². The van der Waals surface area contributed by atoms with Gasteiger partial charge >= 0.3 is 24.1 Å². The lowest BCUT2D eigenvalue weighted by molar-refractivity contribution is -0.202. The van der Waals surface area contributed by atoms with Gasteiger partial charge in [0.1, 0.15) is 12.1 Å². The highest BCUT2D eigenvalue weighted by Gasteiger charge is 2.42. The quantitative estimate of drug-likeness (QED) is 0.343. The fourth-order valence-corrected chi connectivity index (χ4v) is 4.33. The number of esters is 2. The van der Waals surface area contributed by atoms with Gasteiger partial charge in [0.2, 0.25) is 5.88 Å². The van der Waals surface area contributed by atoms with E-state index in [9.17, 15) is 27.6 Å². The minimum atomic E-state index is -5.26. The van der Waals surface area contributed by atoms with Gasteiger partial charge in [-0.1, -0.05) is 23.5 Å². The molecule has 1 fully saturated rings. The number of amides is 2. The molecule has 2 amide bonds. The summed E-state index contributed by atoms with van der Waals surface area (Å²) >= 11 is 1.21. The molecule has 3 aromatic rings. The van der Waals surface area contributed by atoms with Crippen LogP contribution in [0.5, 0.6) is 11.6 Å². The first kappa shape index (κ1) is 27.0. The van der Waals surface area contributed by atoms with Crippen LogP contribution in [0.3, 0.4) is 0 Å². The van der Waals surface area contributed by atoms with Crippen molar-refractivity contribution in [2.24, 2.45) is 0 Å². The Kier molecular flexibility index (Phi) is 8.21. The van der Waals surface area contributed by atoms with Crippen molar-refractivity contribution in [3.05, 3.63) is 36.2 Å². The van der Waals surface area contributed by atoms with Crippen molar-refractivity contribution < 1.29 is 41.8 Å². The van der Waals surface area contributed by atoms with Crippen molar-refractivity contribution in [1.82, 2.24) is 24.8 Å². The molecule has 1 saturated heterocycles. The number of aromatic nitrogens is 3. The SMILES string of the molecule is COc1ncnc2sc(NC(=O)N3CCN(Cc4cccc(OCC(=O)OC(=O)C(F)(F)F)c4)CC3)nc12. The highest BCUT2D eigenvalue weighted by molar-refractivity contribution is 7.22. The van der Waals surface area contributed by atoms with Crippen molar-refractivity contribution in [3.63, 3.8) is 0 Å². The van der Waals surface area contributed by atoms with Gasteiger partial charge in [-0.25, -0.2) is 24.4 Å². The van der Waals surface area contributed by atoms with Gasteiger partial charge in [0, 0.05) is 32.7 Å². The zero-order chi connectivity index (χ0) is 27.3. The van der Waals surface area contributed by atoms with Gasteiger partial charge in [-0.3, -0.25) is 10.2 Å². The molecule has 4 rings (SSSR count). The highest BCUT2D eigenvalue weighted by Crippen LogP contribution is 2.29. The molecular formula is C22H21F3N6O6S. The molecule has 2 aromatic heterocycles. The Labute approximate surface area is 217 Å². The van der Waals surface area contributed by atoms with E-state index in [2.05, 4.69) is 29.9 Å². The third kappa shape index (κ3) is 6.83. The summed E-state index contributed by atoms with van der Waals surface area (Å²) in [7, 11) is 1.48. The molecule has 0 unspecified atom stereocenters. The largest absolute Gasteiger partial charge is 0.491 e. The lowest BCUT2D eigenvalue weighted by Gasteiger charge is -2.34. The Morgan fingerprint density at radius 1 is 1.13 bits per heavy atom. The number of carbonyl (C=O) groups excluding carboxylic acids is 3. The van der Waals surface area contributed by atoms with Crippen LogP contribution < -0.4 is 14.8 Å². The van der Waals surface area contributed by atoms with Crippen LogP contribution in [0.2, 0.25) is 0 Å². The molecule has 0 spiro atoms. The van der Waals surface area contributed by atoms with Crippen LogP contribution in [0.15, 0.2) is 30.6 Å². The van der Waals surface area contributed by atoms with Crippen LogP contribution in [0.4, 0.5) is 23.1 Å². The number of benzene rings is 1. The van der Waals surface area contributed by atoms with Crippen molar-refractivity contribution in [1.29, 1.82) is 0 Å². The summed E-state index contributed by atoms with van der Waals surface area (Å²) in [6.45, 7) is 1.77. The average Bonchev–Trinajstić information content (AvgIpc) is 3.30. The number of alkyl halides is 3. The Morgan fingerprint density at radius 3 is 2.61 bits per heavy atom. The summed E-state index contributed by atoms with van der Waals surface area (Å²) in [5.74, 6) is -3.49. The average molecular weight is 555 g/mol. The van der Waals surface area contributed by atoms with Crippen molar-refractivity contribution in [2.75, 3.05) is 45.2 Å². The summed E-state index contributed by atoms with van der Waals surface area (Å²) in [5, 5.41) is 3.17. The van der Waals surface area contributed by atoms with Gasteiger partial charge in [0.15, 0.2) is 22.1 Å². The highest BCUT2D eigenvalue weighted by atomic mass is 32.1. The van der Waals surface area contributed by atoms with Crippen LogP contribution in [0.25, 0.3) is 10.3 Å². The number of urea groups is 1. The topological polar surface area (TPSA) is 136 Å². The van der Waals surface area contributed by atoms with Crippen LogP contribution in [-0.4, -0.2) is 88.8 Å². The minimum absolute atomic E-state index is 0.231. The first-order valence-electron chi connectivity index (χ1n) is 11.1. The van der Waals surface area contributed by atoms with Crippen LogP contribution >= 0.6 is 11.3 Å². The van der Waals surface area contributed by atoms with Crippen molar-refractivity contribution >= 4 is 44.8 Å². The van der Waals surface area contributed by atoms with Crippen molar-refractivity contribution in [3.8, 4) is 11.6 Å². The third-order valence-electron chi connectivity index (χ3n) is 5.33. The monoisotopic (exact) mass is 554 g/mol. The fraction of sp³-hybridized carbons (Fsp3) is 0.364. The molecule has 16 heteroatoms. The molecule has 12 nitrogen and oxygen atoms in total. The molecule has 0 saturated carbocycles. The number of halogens is 3. The number of fused-ring (bicyclic) bond motifs is 1. The second-order valence-electron chi connectivity index (χ2n) is 7.94. The summed E-state index contributed by atoms with van der Waals surface area (Å²) < 4.78 is 50.5. The number of ether oxygens (including phenoxy) is 3. The van der Waals surface area contributed by atoms with E-state index in [0.29, 0.717) is 54.1 Å². The minimum Gasteiger partial charge on any atom is -0.482 e. The number of hydrogen-bond acceptors (Lipinski definition) is 11. The number of thiazole rings is 1. The molecule has 1 aliphatic rings. The number of methoxy groups -OCH3 is 1. The zero-order valence-electron chi connectivity index (χ0n) is 19.9. The first-order chi connectivity index (χ1) is 18.1. The van der Waals surface area contributed by atoms with E-state index in [1.165, 1.54) is 30.8 Å². The molecule has 1 N–H and O–H groups in total. The maximum Gasteiger partial charge on any atom is 0.491 e. The molecule has 202 valence electrons. The summed E-state index contributed by atoms with van der Waals surface area (Å²) in [4.78, 5) is 51.7. The third-order valence-corrected chi connectivity index (χ3v) is 6.21. The zero-order valence-corrected chi connectivity index (χ0v) is 20.7. The molecule has 0 radical (unpaired) electrons. The Hall–Kier alpha value is -4.05. The number of nitrogens with zero attached hydrogens (tertiary/aromatic N) is 5. The van der Waals surface area contributed by atoms with E-state index in [4.69, 9.17) is 9.47 Å². The van der Waals surface area contributed by atoms with Gasteiger partial charge in [0.05, 0.1) is 7.11 Å². The molecule has 3 heterocycles. The predicted octanol–water partition coefficient (Wildman–Crippen LogP) is 2.46. The molecule has 0 aliphatic carbocycles. The number of rotatable bonds is 7. The number of hydrogen-bond donors (Lipinski definition) is 1.